The number of phenolic OH excluding ortho intramolecular Hbond substituents is 1. The fourth-order valence-corrected chi connectivity index (χ4v) is 6.87. The van der Waals surface area contributed by atoms with E-state index in [4.69, 9.17) is 5.73 Å². The van der Waals surface area contributed by atoms with Crippen LogP contribution in [-0.4, -0.2) is 42.0 Å². The molecule has 3 aromatic carbocycles. The first-order valence-corrected chi connectivity index (χ1v) is 16.8. The molecule has 0 radical (unpaired) electrons. The van der Waals surface area contributed by atoms with Gasteiger partial charge in [-0.25, -0.2) is 0 Å². The van der Waals surface area contributed by atoms with Crippen LogP contribution < -0.4 is 21.7 Å². The third-order valence-corrected chi connectivity index (χ3v) is 9.36. The van der Waals surface area contributed by atoms with E-state index in [1.807, 2.05) is 55.5 Å². The summed E-state index contributed by atoms with van der Waals surface area (Å²) in [5.41, 5.74) is 9.24. The highest BCUT2D eigenvalue weighted by molar-refractivity contribution is 9.10. The van der Waals surface area contributed by atoms with Crippen molar-refractivity contribution in [1.29, 1.82) is 0 Å². The van der Waals surface area contributed by atoms with Crippen molar-refractivity contribution in [3.63, 3.8) is 0 Å². The molecule has 3 atom stereocenters. The SMILES string of the molecule is C/C=C(\N[C@@H](Cc1ccc(C(N)=O)cc1O)C(=O)N[C@@H](CCc1cccc(Br)c1)C(=O)NC)C(c1ccccc1)C1CCCCC1. The molecule has 9 heteroatoms. The van der Waals surface area contributed by atoms with Crippen molar-refractivity contribution in [3.05, 3.63) is 111 Å². The van der Waals surface area contributed by atoms with E-state index in [0.717, 1.165) is 28.6 Å². The van der Waals surface area contributed by atoms with Crippen LogP contribution in [0.15, 0.2) is 89.0 Å². The summed E-state index contributed by atoms with van der Waals surface area (Å²) in [5.74, 6) is -0.961. The average molecular weight is 690 g/mol. The van der Waals surface area contributed by atoms with Crippen molar-refractivity contribution < 1.29 is 19.5 Å². The molecule has 3 amide bonds. The number of hydrogen-bond acceptors (Lipinski definition) is 5. The molecule has 3 aromatic rings. The van der Waals surface area contributed by atoms with Gasteiger partial charge >= 0.3 is 0 Å². The number of rotatable bonds is 14. The molecule has 1 fully saturated rings. The maximum Gasteiger partial charge on any atom is 0.248 e. The Morgan fingerprint density at radius 1 is 0.935 bits per heavy atom. The maximum atomic E-state index is 14.2. The predicted octanol–water partition coefficient (Wildman–Crippen LogP) is 5.89. The number of likely N-dealkylation sites (N-methyl/N-ethyl adjacent to an activating group) is 1. The molecule has 0 heterocycles. The van der Waals surface area contributed by atoms with Gasteiger partial charge in [0.1, 0.15) is 17.8 Å². The summed E-state index contributed by atoms with van der Waals surface area (Å²) in [5, 5.41) is 20.1. The van der Waals surface area contributed by atoms with Crippen LogP contribution in [0.3, 0.4) is 0 Å². The van der Waals surface area contributed by atoms with E-state index in [1.54, 1.807) is 19.2 Å². The highest BCUT2D eigenvalue weighted by Crippen LogP contribution is 2.40. The molecule has 0 bridgehead atoms. The molecule has 1 aliphatic rings. The third-order valence-electron chi connectivity index (χ3n) is 8.87. The molecule has 46 heavy (non-hydrogen) atoms. The molecule has 1 saturated carbocycles. The summed E-state index contributed by atoms with van der Waals surface area (Å²) < 4.78 is 0.946. The number of primary amides is 1. The topological polar surface area (TPSA) is 134 Å². The Labute approximate surface area is 280 Å². The van der Waals surface area contributed by atoms with Gasteiger partial charge in [-0.1, -0.05) is 89.8 Å². The Bertz CT molecular complexity index is 1520. The number of nitrogens with two attached hydrogens (primary N) is 1. The van der Waals surface area contributed by atoms with E-state index in [1.165, 1.54) is 30.9 Å². The number of aromatic hydroxyl groups is 1. The molecule has 1 unspecified atom stereocenters. The van der Waals surface area contributed by atoms with Crippen molar-refractivity contribution in [2.75, 3.05) is 7.05 Å². The summed E-state index contributed by atoms with van der Waals surface area (Å²) in [6, 6.07) is 21.1. The molecule has 0 spiro atoms. The second kappa shape index (κ2) is 17.0. The number of phenols is 1. The fraction of sp³-hybridized carbons (Fsp3) is 0.378. The Morgan fingerprint density at radius 3 is 2.30 bits per heavy atom. The molecule has 1 aliphatic carbocycles. The highest BCUT2D eigenvalue weighted by atomic mass is 79.9. The van der Waals surface area contributed by atoms with E-state index >= 15 is 0 Å². The molecule has 6 N–H and O–H groups in total. The number of aryl methyl sites for hydroxylation is 1. The molecular formula is C37H45BrN4O4. The van der Waals surface area contributed by atoms with Gasteiger partial charge in [-0.05, 0) is 79.5 Å². The molecule has 0 saturated heterocycles. The van der Waals surface area contributed by atoms with Crippen LogP contribution in [-0.2, 0) is 22.4 Å². The average Bonchev–Trinajstić information content (AvgIpc) is 3.07. The van der Waals surface area contributed by atoms with Crippen molar-refractivity contribution in [2.24, 2.45) is 11.7 Å². The van der Waals surface area contributed by atoms with Gasteiger partial charge < -0.3 is 26.8 Å². The monoisotopic (exact) mass is 688 g/mol. The smallest absolute Gasteiger partial charge is 0.248 e. The minimum Gasteiger partial charge on any atom is -0.508 e. The predicted molar refractivity (Wildman–Crippen MR) is 185 cm³/mol. The summed E-state index contributed by atoms with van der Waals surface area (Å²) in [4.78, 5) is 38.9. The number of carbonyl (C=O) groups excluding carboxylic acids is 3. The number of amides is 3. The van der Waals surface area contributed by atoms with Crippen LogP contribution in [0.2, 0.25) is 0 Å². The lowest BCUT2D eigenvalue weighted by Crippen LogP contribution is -2.53. The number of nitrogens with one attached hydrogen (secondary N) is 3. The first-order chi connectivity index (χ1) is 22.2. The minimum atomic E-state index is -0.829. The van der Waals surface area contributed by atoms with E-state index in [-0.39, 0.29) is 35.5 Å². The largest absolute Gasteiger partial charge is 0.508 e. The second-order valence-corrected chi connectivity index (χ2v) is 12.9. The van der Waals surface area contributed by atoms with Crippen molar-refractivity contribution in [2.45, 2.75) is 76.3 Å². The molecule has 0 aliphatic heterocycles. The van der Waals surface area contributed by atoms with Crippen LogP contribution in [0.25, 0.3) is 0 Å². The number of allylic oxidation sites excluding steroid dienone is 2. The lowest BCUT2D eigenvalue weighted by molar-refractivity contribution is -0.129. The highest BCUT2D eigenvalue weighted by Gasteiger charge is 2.32. The van der Waals surface area contributed by atoms with E-state index in [0.29, 0.717) is 24.3 Å². The zero-order valence-corrected chi connectivity index (χ0v) is 28.2. The molecule has 4 rings (SSSR count). The van der Waals surface area contributed by atoms with Gasteiger partial charge in [0.15, 0.2) is 0 Å². The van der Waals surface area contributed by atoms with Crippen LogP contribution in [0, 0.1) is 5.92 Å². The summed E-state index contributed by atoms with van der Waals surface area (Å²) in [6.45, 7) is 1.97. The van der Waals surface area contributed by atoms with E-state index in [2.05, 4.69) is 44.0 Å². The summed E-state index contributed by atoms with van der Waals surface area (Å²) in [6.07, 6.45) is 8.89. The Kier molecular flexibility index (Phi) is 12.8. The standard InChI is InChI=1S/C37H45BrN4O4/c1-3-30(34(25-12-6-4-7-13-25)26-14-8-5-9-15-26)41-32(22-27-18-19-28(35(39)44)23-33(27)43)37(46)42-31(36(45)40-2)20-17-24-11-10-16-29(38)21-24/h3-4,6-7,10-13,16,18-19,21,23,26,31-32,34,41,43H,5,8-9,14-15,17,20,22H2,1-2H3,(H2,39,44)(H,40,45)(H,42,46)/b30-3-/t31-,32-,34?/m0/s1. The quantitative estimate of drug-likeness (QED) is 0.144. The second-order valence-electron chi connectivity index (χ2n) is 12.0. The zero-order chi connectivity index (χ0) is 33.1. The Morgan fingerprint density at radius 2 is 1.67 bits per heavy atom. The van der Waals surface area contributed by atoms with Crippen molar-refractivity contribution >= 4 is 33.7 Å². The molecule has 8 nitrogen and oxygen atoms in total. The van der Waals surface area contributed by atoms with Crippen LogP contribution in [0.1, 0.15) is 78.4 Å². The Balaban J connectivity index is 1.65. The van der Waals surface area contributed by atoms with Gasteiger partial charge in [0.05, 0.1) is 0 Å². The van der Waals surface area contributed by atoms with Gasteiger partial charge in [0.25, 0.3) is 0 Å². The molecule has 0 aromatic heterocycles. The van der Waals surface area contributed by atoms with Gasteiger partial charge in [-0.15, -0.1) is 0 Å². The first-order valence-electron chi connectivity index (χ1n) is 16.1. The van der Waals surface area contributed by atoms with Crippen molar-refractivity contribution in [3.8, 4) is 5.75 Å². The van der Waals surface area contributed by atoms with Gasteiger partial charge in [0, 0.05) is 35.1 Å². The molecular weight excluding hydrogens is 644 g/mol. The number of benzene rings is 3. The summed E-state index contributed by atoms with van der Waals surface area (Å²) in [7, 11) is 1.56. The number of halogens is 1. The first kappa shape index (κ1) is 34.8. The fourth-order valence-electron chi connectivity index (χ4n) is 6.43. The third kappa shape index (κ3) is 9.45. The summed E-state index contributed by atoms with van der Waals surface area (Å²) >= 11 is 3.50. The van der Waals surface area contributed by atoms with E-state index < -0.39 is 18.0 Å². The minimum absolute atomic E-state index is 0.0545. The lowest BCUT2D eigenvalue weighted by atomic mass is 9.75. The molecule has 244 valence electrons. The Hall–Kier alpha value is -4.11. The lowest BCUT2D eigenvalue weighted by Gasteiger charge is -2.35. The van der Waals surface area contributed by atoms with E-state index in [9.17, 15) is 19.5 Å². The van der Waals surface area contributed by atoms with Crippen LogP contribution in [0.5, 0.6) is 5.75 Å². The van der Waals surface area contributed by atoms with Gasteiger partial charge in [-0.3, -0.25) is 14.4 Å². The zero-order valence-electron chi connectivity index (χ0n) is 26.6. The van der Waals surface area contributed by atoms with Crippen LogP contribution >= 0.6 is 15.9 Å². The number of hydrogen-bond donors (Lipinski definition) is 5. The normalized spacial score (nSPS) is 15.8. The van der Waals surface area contributed by atoms with Gasteiger partial charge in [0.2, 0.25) is 17.7 Å². The van der Waals surface area contributed by atoms with Crippen molar-refractivity contribution in [1.82, 2.24) is 16.0 Å². The van der Waals surface area contributed by atoms with Gasteiger partial charge in [-0.2, -0.15) is 0 Å². The number of carbonyl (C=O) groups is 3. The maximum absolute atomic E-state index is 14.2. The van der Waals surface area contributed by atoms with Crippen LogP contribution in [0.4, 0.5) is 0 Å².